The minimum Gasteiger partial charge on any atom is -0.466 e. The molecular weight excluding hydrogens is 180 g/mol. The molecule has 1 atom stereocenters. The summed E-state index contributed by atoms with van der Waals surface area (Å²) in [6.45, 7) is 6.05. The molecule has 82 valence electrons. The van der Waals surface area contributed by atoms with Gasteiger partial charge in [0.25, 0.3) is 0 Å². The molecule has 0 spiro atoms. The van der Waals surface area contributed by atoms with E-state index >= 15 is 0 Å². The molecule has 0 amide bonds. The normalized spacial score (nSPS) is 19.9. The third-order valence-corrected chi connectivity index (χ3v) is 1.87. The monoisotopic (exact) mass is 200 g/mol. The Labute approximate surface area is 85.8 Å². The van der Waals surface area contributed by atoms with E-state index in [4.69, 9.17) is 4.74 Å². The van der Waals surface area contributed by atoms with Gasteiger partial charge in [0, 0.05) is 25.7 Å². The van der Waals surface area contributed by atoms with E-state index in [1.165, 1.54) is 13.3 Å². The van der Waals surface area contributed by atoms with Gasteiger partial charge in [-0.2, -0.15) is 0 Å². The predicted molar refractivity (Wildman–Crippen MR) is 54.9 cm³/mol. The number of hydrogen-bond acceptors (Lipinski definition) is 3. The molecule has 1 aliphatic rings. The number of rotatable bonds is 2. The Morgan fingerprint density at radius 1 is 1.50 bits per heavy atom. The van der Waals surface area contributed by atoms with Gasteiger partial charge in [-0.25, -0.2) is 0 Å². The molecule has 14 heavy (non-hydrogen) atoms. The Morgan fingerprint density at radius 2 is 2.07 bits per heavy atom. The molecule has 0 aliphatic heterocycles. The van der Waals surface area contributed by atoms with Crippen LogP contribution in [-0.2, 0) is 14.3 Å². The van der Waals surface area contributed by atoms with E-state index in [1.807, 2.05) is 0 Å². The summed E-state index contributed by atoms with van der Waals surface area (Å²) in [4.78, 5) is 21.1. The van der Waals surface area contributed by atoms with Crippen LogP contribution in [0.4, 0.5) is 0 Å². The lowest BCUT2D eigenvalue weighted by molar-refractivity contribution is -0.142. The van der Waals surface area contributed by atoms with Crippen LogP contribution in [0.15, 0.2) is 0 Å². The van der Waals surface area contributed by atoms with Crippen LogP contribution in [0.5, 0.6) is 0 Å². The highest BCUT2D eigenvalue weighted by atomic mass is 16.5. The number of ether oxygens (including phenoxy) is 1. The van der Waals surface area contributed by atoms with Crippen molar-refractivity contribution in [2.45, 2.75) is 46.5 Å². The zero-order chi connectivity index (χ0) is 11.0. The highest BCUT2D eigenvalue weighted by Crippen LogP contribution is 2.21. The Balaban J connectivity index is 0.000000500. The predicted octanol–water partition coefficient (Wildman–Crippen LogP) is 2.33. The molecule has 1 unspecified atom stereocenters. The molecule has 1 aliphatic carbocycles. The van der Waals surface area contributed by atoms with Gasteiger partial charge in [0.05, 0.1) is 6.61 Å². The van der Waals surface area contributed by atoms with Crippen molar-refractivity contribution in [2.75, 3.05) is 6.61 Å². The molecular formula is C11H20O3. The molecule has 0 N–H and O–H groups in total. The van der Waals surface area contributed by atoms with Crippen LogP contribution in [0, 0.1) is 5.92 Å². The summed E-state index contributed by atoms with van der Waals surface area (Å²) in [5.41, 5.74) is 0. The second-order valence-electron chi connectivity index (χ2n) is 3.66. The average molecular weight is 200 g/mol. The molecule has 3 heteroatoms. The highest BCUT2D eigenvalue weighted by molar-refractivity contribution is 5.80. The van der Waals surface area contributed by atoms with E-state index in [-0.39, 0.29) is 11.9 Å². The van der Waals surface area contributed by atoms with Crippen LogP contribution >= 0.6 is 0 Å². The SMILES string of the molecule is CC(=O)OCC1CCC(=O)C1.CCC. The van der Waals surface area contributed by atoms with Crippen molar-refractivity contribution in [2.24, 2.45) is 5.92 Å². The van der Waals surface area contributed by atoms with Crippen molar-refractivity contribution in [1.82, 2.24) is 0 Å². The van der Waals surface area contributed by atoms with E-state index in [0.717, 1.165) is 6.42 Å². The van der Waals surface area contributed by atoms with Crippen LogP contribution < -0.4 is 0 Å². The fourth-order valence-corrected chi connectivity index (χ4v) is 1.27. The summed E-state index contributed by atoms with van der Waals surface area (Å²) in [5.74, 6) is 0.318. The van der Waals surface area contributed by atoms with E-state index in [1.54, 1.807) is 0 Å². The standard InChI is InChI=1S/C8H12O3.C3H8/c1-6(9)11-5-7-2-3-8(10)4-7;1-3-2/h7H,2-5H2,1H3;3H2,1-2H3. The van der Waals surface area contributed by atoms with Crippen molar-refractivity contribution < 1.29 is 14.3 Å². The molecule has 0 radical (unpaired) electrons. The zero-order valence-corrected chi connectivity index (χ0v) is 9.34. The van der Waals surface area contributed by atoms with E-state index in [2.05, 4.69) is 13.8 Å². The quantitative estimate of drug-likeness (QED) is 0.642. The van der Waals surface area contributed by atoms with Gasteiger partial charge < -0.3 is 4.74 Å². The third-order valence-electron chi connectivity index (χ3n) is 1.87. The first-order chi connectivity index (χ1) is 6.60. The molecule has 1 rings (SSSR count). The van der Waals surface area contributed by atoms with Crippen LogP contribution in [-0.4, -0.2) is 18.4 Å². The Bertz CT molecular complexity index is 187. The summed E-state index contributed by atoms with van der Waals surface area (Å²) in [6, 6.07) is 0. The first kappa shape index (κ1) is 13.1. The fourth-order valence-electron chi connectivity index (χ4n) is 1.27. The lowest BCUT2D eigenvalue weighted by atomic mass is 10.1. The van der Waals surface area contributed by atoms with Gasteiger partial charge in [-0.1, -0.05) is 20.3 Å². The van der Waals surface area contributed by atoms with Crippen molar-refractivity contribution in [3.63, 3.8) is 0 Å². The van der Waals surface area contributed by atoms with Crippen molar-refractivity contribution in [3.8, 4) is 0 Å². The number of carbonyl (C=O) groups is 2. The van der Waals surface area contributed by atoms with Gasteiger partial charge in [0.15, 0.2) is 0 Å². The van der Waals surface area contributed by atoms with Gasteiger partial charge >= 0.3 is 5.97 Å². The highest BCUT2D eigenvalue weighted by Gasteiger charge is 2.22. The molecule has 0 bridgehead atoms. The molecule has 1 fully saturated rings. The zero-order valence-electron chi connectivity index (χ0n) is 9.34. The molecule has 0 heterocycles. The maximum atomic E-state index is 10.8. The Morgan fingerprint density at radius 3 is 2.43 bits per heavy atom. The molecule has 1 saturated carbocycles. The number of hydrogen-bond donors (Lipinski definition) is 0. The van der Waals surface area contributed by atoms with E-state index in [9.17, 15) is 9.59 Å². The van der Waals surface area contributed by atoms with Gasteiger partial charge in [-0.3, -0.25) is 9.59 Å². The summed E-state index contributed by atoms with van der Waals surface area (Å²) in [6.07, 6.45) is 3.38. The van der Waals surface area contributed by atoms with Gasteiger partial charge in [0.2, 0.25) is 0 Å². The average Bonchev–Trinajstić information content (AvgIpc) is 2.49. The van der Waals surface area contributed by atoms with E-state index < -0.39 is 0 Å². The Hall–Kier alpha value is -0.860. The summed E-state index contributed by atoms with van der Waals surface area (Å²) in [7, 11) is 0. The second kappa shape index (κ2) is 7.54. The van der Waals surface area contributed by atoms with Crippen LogP contribution in [0.1, 0.15) is 46.5 Å². The van der Waals surface area contributed by atoms with Crippen LogP contribution in [0.25, 0.3) is 0 Å². The van der Waals surface area contributed by atoms with Gasteiger partial charge in [0.1, 0.15) is 5.78 Å². The van der Waals surface area contributed by atoms with Gasteiger partial charge in [-0.05, 0) is 6.42 Å². The molecule has 0 saturated heterocycles. The smallest absolute Gasteiger partial charge is 0.302 e. The lowest BCUT2D eigenvalue weighted by Gasteiger charge is -2.06. The summed E-state index contributed by atoms with van der Waals surface area (Å²) in [5, 5.41) is 0. The third kappa shape index (κ3) is 6.63. The number of ketones is 1. The topological polar surface area (TPSA) is 43.4 Å². The minimum absolute atomic E-state index is 0.260. The van der Waals surface area contributed by atoms with Crippen molar-refractivity contribution >= 4 is 11.8 Å². The summed E-state index contributed by atoms with van der Waals surface area (Å²) >= 11 is 0. The first-order valence-corrected chi connectivity index (χ1v) is 5.25. The fraction of sp³-hybridized carbons (Fsp3) is 0.818. The maximum Gasteiger partial charge on any atom is 0.302 e. The number of esters is 1. The van der Waals surface area contributed by atoms with Crippen LogP contribution in [0.2, 0.25) is 0 Å². The Kier molecular flexibility index (Phi) is 7.07. The number of Topliss-reactive ketones (excluding diaryl/α,β-unsaturated/α-hetero) is 1. The van der Waals surface area contributed by atoms with Crippen LogP contribution in [0.3, 0.4) is 0 Å². The van der Waals surface area contributed by atoms with Gasteiger partial charge in [-0.15, -0.1) is 0 Å². The minimum atomic E-state index is -0.260. The second-order valence-corrected chi connectivity index (χ2v) is 3.66. The molecule has 3 nitrogen and oxygen atoms in total. The maximum absolute atomic E-state index is 10.8. The lowest BCUT2D eigenvalue weighted by Crippen LogP contribution is -2.09. The summed E-state index contributed by atoms with van der Waals surface area (Å²) < 4.78 is 4.78. The molecule has 0 aromatic carbocycles. The van der Waals surface area contributed by atoms with Crippen molar-refractivity contribution in [3.05, 3.63) is 0 Å². The van der Waals surface area contributed by atoms with E-state index in [0.29, 0.717) is 25.2 Å². The van der Waals surface area contributed by atoms with Crippen molar-refractivity contribution in [1.29, 1.82) is 0 Å². The number of carbonyl (C=O) groups excluding carboxylic acids is 2. The first-order valence-electron chi connectivity index (χ1n) is 5.25. The molecule has 0 aromatic rings. The molecule has 0 aromatic heterocycles. The largest absolute Gasteiger partial charge is 0.466 e.